The lowest BCUT2D eigenvalue weighted by Crippen LogP contribution is -2.27. The van der Waals surface area contributed by atoms with Crippen LogP contribution in [0.3, 0.4) is 0 Å². The summed E-state index contributed by atoms with van der Waals surface area (Å²) in [6.45, 7) is 2.14. The molecular formula is C15H23N3O2. The second-order valence-electron chi connectivity index (χ2n) is 6.08. The van der Waals surface area contributed by atoms with Crippen molar-refractivity contribution in [2.24, 2.45) is 11.8 Å². The van der Waals surface area contributed by atoms with E-state index in [1.807, 2.05) is 0 Å². The number of carbonyl (C=O) groups excluding carboxylic acids is 1. The van der Waals surface area contributed by atoms with E-state index in [0.29, 0.717) is 12.5 Å². The summed E-state index contributed by atoms with van der Waals surface area (Å²) in [7, 11) is 0. The summed E-state index contributed by atoms with van der Waals surface area (Å²) in [5, 5.41) is 6.95. The number of nitrogens with zero attached hydrogens (tertiary/aromatic N) is 2. The summed E-state index contributed by atoms with van der Waals surface area (Å²) in [4.78, 5) is 16.0. The molecule has 0 aromatic carbocycles. The van der Waals surface area contributed by atoms with Gasteiger partial charge >= 0.3 is 5.97 Å². The first-order valence-electron chi connectivity index (χ1n) is 7.87. The van der Waals surface area contributed by atoms with Crippen molar-refractivity contribution >= 4 is 5.97 Å². The number of hydrogen-bond acceptors (Lipinski definition) is 4. The van der Waals surface area contributed by atoms with Crippen LogP contribution in [-0.4, -0.2) is 27.8 Å². The van der Waals surface area contributed by atoms with Crippen LogP contribution in [0.25, 0.3) is 0 Å². The highest BCUT2D eigenvalue weighted by Crippen LogP contribution is 2.45. The van der Waals surface area contributed by atoms with Crippen LogP contribution in [0, 0.1) is 11.8 Å². The molecule has 2 aliphatic carbocycles. The zero-order valence-corrected chi connectivity index (χ0v) is 12.1. The smallest absolute Gasteiger partial charge is 0.378 e. The van der Waals surface area contributed by atoms with E-state index in [4.69, 9.17) is 4.74 Å². The van der Waals surface area contributed by atoms with Gasteiger partial charge in [-0.25, -0.2) is 9.78 Å². The number of aromatic amines is 1. The number of aromatic nitrogens is 3. The van der Waals surface area contributed by atoms with Gasteiger partial charge in [0.1, 0.15) is 5.82 Å². The average Bonchev–Trinajstić information content (AvgIpc) is 2.97. The Morgan fingerprint density at radius 1 is 1.25 bits per heavy atom. The van der Waals surface area contributed by atoms with Gasteiger partial charge in [0.15, 0.2) is 0 Å². The number of H-pyrrole nitrogens is 1. The van der Waals surface area contributed by atoms with Gasteiger partial charge in [-0.2, -0.15) is 0 Å². The number of ether oxygens (including phenoxy) is 1. The monoisotopic (exact) mass is 277 g/mol. The Kier molecular flexibility index (Phi) is 4.03. The number of fused-ring (bicyclic) bond motifs is 1. The average molecular weight is 277 g/mol. The fraction of sp³-hybridized carbons (Fsp3) is 0.800. The molecule has 5 nitrogen and oxygen atoms in total. The Morgan fingerprint density at radius 2 is 2.05 bits per heavy atom. The standard InChI is InChI=1S/C15H23N3O2/c1-2-20-15(19)14-16-13(17-18-14)12-8-7-10-5-3-4-6-11(10)9-12/h10-12H,2-9H2,1H3,(H,16,17,18). The highest BCUT2D eigenvalue weighted by atomic mass is 16.5. The molecule has 0 saturated heterocycles. The summed E-state index contributed by atoms with van der Waals surface area (Å²) in [5.74, 6) is 2.82. The third-order valence-electron chi connectivity index (χ3n) is 4.89. The van der Waals surface area contributed by atoms with Gasteiger partial charge < -0.3 is 4.74 Å². The highest BCUT2D eigenvalue weighted by Gasteiger charge is 2.34. The topological polar surface area (TPSA) is 67.9 Å². The van der Waals surface area contributed by atoms with Crippen LogP contribution < -0.4 is 0 Å². The minimum absolute atomic E-state index is 0.174. The van der Waals surface area contributed by atoms with Gasteiger partial charge in [0.2, 0.25) is 0 Å². The SMILES string of the molecule is CCOC(=O)c1n[nH]c(C2CCC3CCCCC3C2)n1. The minimum Gasteiger partial charge on any atom is -0.460 e. The molecule has 1 aromatic heterocycles. The summed E-state index contributed by atoms with van der Waals surface area (Å²) in [5.41, 5.74) is 0. The van der Waals surface area contributed by atoms with Crippen LogP contribution in [0.15, 0.2) is 0 Å². The van der Waals surface area contributed by atoms with Crippen LogP contribution in [0.4, 0.5) is 0 Å². The first kappa shape index (κ1) is 13.6. The first-order valence-corrected chi connectivity index (χ1v) is 7.87. The number of rotatable bonds is 3. The van der Waals surface area contributed by atoms with Gasteiger partial charge in [-0.3, -0.25) is 5.10 Å². The number of nitrogens with one attached hydrogen (secondary N) is 1. The molecular weight excluding hydrogens is 254 g/mol. The van der Waals surface area contributed by atoms with Gasteiger partial charge in [-0.05, 0) is 38.0 Å². The molecule has 0 amide bonds. The Hall–Kier alpha value is -1.39. The molecule has 3 unspecified atom stereocenters. The molecule has 0 radical (unpaired) electrons. The van der Waals surface area contributed by atoms with Crippen molar-refractivity contribution in [2.75, 3.05) is 6.61 Å². The zero-order chi connectivity index (χ0) is 13.9. The number of hydrogen-bond donors (Lipinski definition) is 1. The van der Waals surface area contributed by atoms with Gasteiger partial charge in [0.25, 0.3) is 5.82 Å². The maximum Gasteiger partial charge on any atom is 0.378 e. The van der Waals surface area contributed by atoms with E-state index < -0.39 is 5.97 Å². The quantitative estimate of drug-likeness (QED) is 0.862. The van der Waals surface area contributed by atoms with E-state index in [1.165, 1.54) is 44.9 Å². The zero-order valence-electron chi connectivity index (χ0n) is 12.1. The Bertz CT molecular complexity index is 471. The van der Waals surface area contributed by atoms with Crippen LogP contribution in [0.1, 0.15) is 74.2 Å². The van der Waals surface area contributed by atoms with Crippen LogP contribution in [0.2, 0.25) is 0 Å². The Morgan fingerprint density at radius 3 is 2.85 bits per heavy atom. The summed E-state index contributed by atoms with van der Waals surface area (Å²) in [6, 6.07) is 0. The van der Waals surface area contributed by atoms with Crippen LogP contribution >= 0.6 is 0 Å². The second-order valence-corrected chi connectivity index (χ2v) is 6.08. The molecule has 5 heteroatoms. The largest absolute Gasteiger partial charge is 0.460 e. The van der Waals surface area contributed by atoms with E-state index in [-0.39, 0.29) is 5.82 Å². The molecule has 20 heavy (non-hydrogen) atoms. The van der Waals surface area contributed by atoms with E-state index in [1.54, 1.807) is 6.92 Å². The molecule has 0 bridgehead atoms. The van der Waals surface area contributed by atoms with Crippen LogP contribution in [-0.2, 0) is 4.74 Å². The number of carbonyl (C=O) groups is 1. The molecule has 0 aliphatic heterocycles. The predicted octanol–water partition coefficient (Wildman–Crippen LogP) is 3.06. The van der Waals surface area contributed by atoms with E-state index >= 15 is 0 Å². The van der Waals surface area contributed by atoms with Crippen molar-refractivity contribution in [3.8, 4) is 0 Å². The van der Waals surface area contributed by atoms with Crippen molar-refractivity contribution in [2.45, 2.75) is 57.8 Å². The molecule has 110 valence electrons. The van der Waals surface area contributed by atoms with E-state index in [0.717, 1.165) is 17.7 Å². The maximum atomic E-state index is 11.6. The third-order valence-corrected chi connectivity index (χ3v) is 4.89. The normalized spacial score (nSPS) is 29.8. The minimum atomic E-state index is -0.429. The van der Waals surface area contributed by atoms with Crippen molar-refractivity contribution < 1.29 is 9.53 Å². The third kappa shape index (κ3) is 2.72. The molecule has 1 N–H and O–H groups in total. The molecule has 2 fully saturated rings. The molecule has 1 aromatic rings. The lowest BCUT2D eigenvalue weighted by atomic mass is 9.67. The van der Waals surface area contributed by atoms with Crippen molar-refractivity contribution in [3.63, 3.8) is 0 Å². The first-order chi connectivity index (χ1) is 9.78. The molecule has 3 atom stereocenters. The van der Waals surface area contributed by atoms with Gasteiger partial charge in [-0.1, -0.05) is 25.7 Å². The van der Waals surface area contributed by atoms with Gasteiger partial charge in [0, 0.05) is 5.92 Å². The van der Waals surface area contributed by atoms with Crippen LogP contribution in [0.5, 0.6) is 0 Å². The molecule has 2 aliphatic rings. The molecule has 0 spiro atoms. The number of esters is 1. The van der Waals surface area contributed by atoms with Crippen molar-refractivity contribution in [1.82, 2.24) is 15.2 Å². The fourth-order valence-corrected chi connectivity index (χ4v) is 3.87. The molecule has 3 rings (SSSR count). The summed E-state index contributed by atoms with van der Waals surface area (Å²) >= 11 is 0. The lowest BCUT2D eigenvalue weighted by molar-refractivity contribution is 0.0512. The Balaban J connectivity index is 1.66. The fourth-order valence-electron chi connectivity index (χ4n) is 3.87. The lowest BCUT2D eigenvalue weighted by Gasteiger charge is -2.38. The molecule has 2 saturated carbocycles. The highest BCUT2D eigenvalue weighted by molar-refractivity contribution is 5.84. The maximum absolute atomic E-state index is 11.6. The summed E-state index contributed by atoms with van der Waals surface area (Å²) in [6.07, 6.45) is 9.20. The van der Waals surface area contributed by atoms with E-state index in [9.17, 15) is 4.79 Å². The van der Waals surface area contributed by atoms with Gasteiger partial charge in [-0.15, -0.1) is 5.10 Å². The van der Waals surface area contributed by atoms with Crippen molar-refractivity contribution in [3.05, 3.63) is 11.6 Å². The van der Waals surface area contributed by atoms with E-state index in [2.05, 4.69) is 15.2 Å². The van der Waals surface area contributed by atoms with Gasteiger partial charge in [0.05, 0.1) is 6.61 Å². The Labute approximate surface area is 119 Å². The summed E-state index contributed by atoms with van der Waals surface area (Å²) < 4.78 is 4.93. The predicted molar refractivity (Wildman–Crippen MR) is 74.4 cm³/mol. The van der Waals surface area contributed by atoms with Crippen molar-refractivity contribution in [1.29, 1.82) is 0 Å². The second kappa shape index (κ2) is 5.94. The molecule has 1 heterocycles.